The van der Waals surface area contributed by atoms with Gasteiger partial charge in [-0.1, -0.05) is 0 Å². The first-order valence-corrected chi connectivity index (χ1v) is 7.48. The summed E-state index contributed by atoms with van der Waals surface area (Å²) in [4.78, 5) is 18.9. The topological polar surface area (TPSA) is 75.6 Å². The van der Waals surface area contributed by atoms with Crippen molar-refractivity contribution in [2.24, 2.45) is 0 Å². The molecule has 0 radical (unpaired) electrons. The van der Waals surface area contributed by atoms with E-state index in [4.69, 9.17) is 0 Å². The molecule has 1 aliphatic carbocycles. The first-order chi connectivity index (χ1) is 10.1. The Balaban J connectivity index is 1.53. The van der Waals surface area contributed by atoms with Crippen LogP contribution in [0.1, 0.15) is 42.4 Å². The highest BCUT2D eigenvalue weighted by Crippen LogP contribution is 2.37. The summed E-state index contributed by atoms with van der Waals surface area (Å²) in [7, 11) is 0. The Morgan fingerprint density at radius 3 is 2.86 bits per heavy atom. The number of anilines is 1. The van der Waals surface area contributed by atoms with E-state index in [9.17, 15) is 4.79 Å². The lowest BCUT2D eigenvalue weighted by atomic mass is 10.3. The van der Waals surface area contributed by atoms with Crippen LogP contribution in [-0.2, 0) is 6.54 Å². The summed E-state index contributed by atoms with van der Waals surface area (Å²) in [5.41, 5.74) is 2.15. The molecule has 0 bridgehead atoms. The molecule has 112 valence electrons. The van der Waals surface area contributed by atoms with Gasteiger partial charge >= 0.3 is 0 Å². The first-order valence-electron chi connectivity index (χ1n) is 7.48. The third kappa shape index (κ3) is 3.51. The Labute approximate surface area is 123 Å². The van der Waals surface area contributed by atoms with Crippen LogP contribution in [0.15, 0.2) is 16.9 Å². The van der Waals surface area contributed by atoms with Crippen LogP contribution in [0.4, 0.5) is 5.82 Å². The second-order valence-corrected chi connectivity index (χ2v) is 5.72. The van der Waals surface area contributed by atoms with Crippen molar-refractivity contribution >= 4 is 5.82 Å². The molecule has 2 heterocycles. The summed E-state index contributed by atoms with van der Waals surface area (Å²) in [6, 6.07) is 3.60. The lowest BCUT2D eigenvalue weighted by molar-refractivity contribution is 0.573. The van der Waals surface area contributed by atoms with Gasteiger partial charge in [0.05, 0.1) is 5.69 Å². The van der Waals surface area contributed by atoms with Gasteiger partial charge in [0.1, 0.15) is 11.6 Å². The molecule has 21 heavy (non-hydrogen) atoms. The van der Waals surface area contributed by atoms with E-state index >= 15 is 0 Å². The molecule has 1 saturated carbocycles. The van der Waals surface area contributed by atoms with Crippen LogP contribution in [0.3, 0.4) is 0 Å². The largest absolute Gasteiger partial charge is 0.370 e. The van der Waals surface area contributed by atoms with Crippen LogP contribution in [0.25, 0.3) is 0 Å². The number of rotatable bonds is 6. The number of nitrogens with zero attached hydrogens (tertiary/aromatic N) is 3. The molecule has 0 amide bonds. The number of aryl methyl sites for hydroxylation is 3. The monoisotopic (exact) mass is 287 g/mol. The molecule has 6 nitrogen and oxygen atoms in total. The second kappa shape index (κ2) is 5.71. The molecule has 0 spiro atoms. The van der Waals surface area contributed by atoms with E-state index in [0.29, 0.717) is 11.7 Å². The van der Waals surface area contributed by atoms with Crippen LogP contribution >= 0.6 is 0 Å². The summed E-state index contributed by atoms with van der Waals surface area (Å²) in [6.45, 7) is 5.71. The van der Waals surface area contributed by atoms with Crippen molar-refractivity contribution < 1.29 is 0 Å². The predicted molar refractivity (Wildman–Crippen MR) is 81.6 cm³/mol. The Hall–Kier alpha value is -2.11. The maximum atomic E-state index is 11.6. The van der Waals surface area contributed by atoms with E-state index in [-0.39, 0.29) is 5.56 Å². The summed E-state index contributed by atoms with van der Waals surface area (Å²) in [5.74, 6) is 1.95. The molecule has 2 aromatic rings. The molecular weight excluding hydrogens is 266 g/mol. The van der Waals surface area contributed by atoms with E-state index in [1.165, 1.54) is 11.8 Å². The fourth-order valence-corrected chi connectivity index (χ4v) is 2.46. The predicted octanol–water partition coefficient (Wildman–Crippen LogP) is 1.96. The zero-order chi connectivity index (χ0) is 14.8. The lowest BCUT2D eigenvalue weighted by Crippen LogP contribution is -2.15. The average Bonchev–Trinajstić information content (AvgIpc) is 3.21. The van der Waals surface area contributed by atoms with Crippen LogP contribution in [0, 0.1) is 13.8 Å². The minimum absolute atomic E-state index is 0.0760. The van der Waals surface area contributed by atoms with Crippen molar-refractivity contribution in [3.05, 3.63) is 39.7 Å². The normalized spacial score (nSPS) is 14.4. The minimum atomic E-state index is -0.0760. The van der Waals surface area contributed by atoms with Gasteiger partial charge in [-0.2, -0.15) is 5.10 Å². The second-order valence-electron chi connectivity index (χ2n) is 5.72. The van der Waals surface area contributed by atoms with Crippen molar-refractivity contribution in [3.8, 4) is 0 Å². The van der Waals surface area contributed by atoms with E-state index < -0.39 is 0 Å². The SMILES string of the molecule is Cc1cc(C)n(CCCNc2cc(=O)[nH]c(C3CC3)n2)n1. The van der Waals surface area contributed by atoms with Crippen molar-refractivity contribution in [3.63, 3.8) is 0 Å². The van der Waals surface area contributed by atoms with Crippen molar-refractivity contribution in [1.82, 2.24) is 19.7 Å². The quantitative estimate of drug-likeness (QED) is 0.796. The standard InChI is InChI=1S/C15H21N5O/c1-10-8-11(2)20(19-10)7-3-6-16-13-9-14(21)18-15(17-13)12-4-5-12/h8-9,12H,3-7H2,1-2H3,(H2,16,17,18,21). The molecule has 0 unspecified atom stereocenters. The fourth-order valence-electron chi connectivity index (χ4n) is 2.46. The van der Waals surface area contributed by atoms with E-state index in [0.717, 1.165) is 43.9 Å². The molecule has 1 fully saturated rings. The molecule has 2 N–H and O–H groups in total. The van der Waals surface area contributed by atoms with Gasteiger partial charge in [-0.25, -0.2) is 4.98 Å². The van der Waals surface area contributed by atoms with Crippen LogP contribution < -0.4 is 10.9 Å². The molecule has 0 aromatic carbocycles. The van der Waals surface area contributed by atoms with Crippen molar-refractivity contribution in [2.75, 3.05) is 11.9 Å². The van der Waals surface area contributed by atoms with Gasteiger partial charge in [0, 0.05) is 30.8 Å². The zero-order valence-electron chi connectivity index (χ0n) is 12.5. The maximum absolute atomic E-state index is 11.6. The average molecular weight is 287 g/mol. The number of hydrogen-bond acceptors (Lipinski definition) is 4. The first kappa shape index (κ1) is 13.9. The number of hydrogen-bond donors (Lipinski definition) is 2. The van der Waals surface area contributed by atoms with Gasteiger partial charge in [0.15, 0.2) is 0 Å². The third-order valence-electron chi connectivity index (χ3n) is 3.68. The summed E-state index contributed by atoms with van der Waals surface area (Å²) < 4.78 is 2.01. The van der Waals surface area contributed by atoms with E-state index in [1.54, 1.807) is 0 Å². The lowest BCUT2D eigenvalue weighted by Gasteiger charge is -2.08. The van der Waals surface area contributed by atoms with Crippen molar-refractivity contribution in [1.29, 1.82) is 0 Å². The van der Waals surface area contributed by atoms with Crippen LogP contribution in [0.2, 0.25) is 0 Å². The smallest absolute Gasteiger partial charge is 0.252 e. The zero-order valence-corrected chi connectivity index (χ0v) is 12.5. The Morgan fingerprint density at radius 2 is 2.19 bits per heavy atom. The molecule has 6 heteroatoms. The molecular formula is C15H21N5O. The number of aromatic amines is 1. The highest BCUT2D eigenvalue weighted by atomic mass is 16.1. The van der Waals surface area contributed by atoms with Gasteiger partial charge in [-0.3, -0.25) is 9.48 Å². The van der Waals surface area contributed by atoms with Gasteiger partial charge in [-0.05, 0) is 39.2 Å². The molecule has 2 aromatic heterocycles. The molecule has 3 rings (SSSR count). The minimum Gasteiger partial charge on any atom is -0.370 e. The Kier molecular flexibility index (Phi) is 3.77. The maximum Gasteiger partial charge on any atom is 0.252 e. The van der Waals surface area contributed by atoms with Crippen LogP contribution in [-0.4, -0.2) is 26.3 Å². The summed E-state index contributed by atoms with van der Waals surface area (Å²) in [6.07, 6.45) is 3.20. The van der Waals surface area contributed by atoms with Gasteiger partial charge in [0.25, 0.3) is 5.56 Å². The van der Waals surface area contributed by atoms with E-state index in [2.05, 4.69) is 33.4 Å². The van der Waals surface area contributed by atoms with Gasteiger partial charge < -0.3 is 10.3 Å². The third-order valence-corrected chi connectivity index (χ3v) is 3.68. The molecule has 0 saturated heterocycles. The molecule has 0 aliphatic heterocycles. The van der Waals surface area contributed by atoms with Gasteiger partial charge in [-0.15, -0.1) is 0 Å². The molecule has 1 aliphatic rings. The van der Waals surface area contributed by atoms with Gasteiger partial charge in [0.2, 0.25) is 0 Å². The summed E-state index contributed by atoms with van der Waals surface area (Å²) >= 11 is 0. The summed E-state index contributed by atoms with van der Waals surface area (Å²) in [5, 5.41) is 7.67. The van der Waals surface area contributed by atoms with Crippen molar-refractivity contribution in [2.45, 2.75) is 45.6 Å². The number of nitrogens with one attached hydrogen (secondary N) is 2. The highest BCUT2D eigenvalue weighted by molar-refractivity contribution is 5.33. The number of aromatic nitrogens is 4. The Bertz CT molecular complexity index is 684. The van der Waals surface area contributed by atoms with E-state index in [1.807, 2.05) is 11.6 Å². The molecule has 0 atom stereocenters. The number of H-pyrrole nitrogens is 1. The Morgan fingerprint density at radius 1 is 1.38 bits per heavy atom. The van der Waals surface area contributed by atoms with Crippen LogP contribution in [0.5, 0.6) is 0 Å². The fraction of sp³-hybridized carbons (Fsp3) is 0.533. The highest BCUT2D eigenvalue weighted by Gasteiger charge is 2.26.